The number of para-hydroxylation sites is 1. The van der Waals surface area contributed by atoms with Crippen molar-refractivity contribution in [1.82, 2.24) is 0 Å². The molecule has 0 bridgehead atoms. The fourth-order valence-electron chi connectivity index (χ4n) is 1.65. The lowest BCUT2D eigenvalue weighted by atomic mass is 10.2. The number of hydrogen-bond donors (Lipinski definition) is 1. The van der Waals surface area contributed by atoms with Gasteiger partial charge >= 0.3 is 0 Å². The summed E-state index contributed by atoms with van der Waals surface area (Å²) in [5.74, 6) is 5.44. The van der Waals surface area contributed by atoms with E-state index in [2.05, 4.69) is 11.8 Å². The highest BCUT2D eigenvalue weighted by atomic mass is 35.5. The van der Waals surface area contributed by atoms with Gasteiger partial charge in [-0.25, -0.2) is 4.39 Å². The SMILES string of the molecule is OCC#Cc1ccccc1OCc1c(F)cccc1Cl. The van der Waals surface area contributed by atoms with E-state index < -0.39 is 5.82 Å². The van der Waals surface area contributed by atoms with Crippen LogP contribution in [0, 0.1) is 17.7 Å². The van der Waals surface area contributed by atoms with E-state index in [0.717, 1.165) is 0 Å². The van der Waals surface area contributed by atoms with Crippen molar-refractivity contribution in [2.75, 3.05) is 6.61 Å². The molecular formula is C16H12ClFO2. The van der Waals surface area contributed by atoms with Crippen LogP contribution in [0.5, 0.6) is 5.75 Å². The van der Waals surface area contributed by atoms with Crippen molar-refractivity contribution in [1.29, 1.82) is 0 Å². The third-order valence-corrected chi connectivity index (χ3v) is 2.98. The minimum atomic E-state index is -0.406. The molecule has 0 saturated heterocycles. The van der Waals surface area contributed by atoms with Crippen molar-refractivity contribution in [3.05, 3.63) is 64.4 Å². The maximum absolute atomic E-state index is 13.6. The van der Waals surface area contributed by atoms with E-state index in [1.807, 2.05) is 6.07 Å². The number of hydrogen-bond acceptors (Lipinski definition) is 2. The van der Waals surface area contributed by atoms with E-state index in [1.54, 1.807) is 30.3 Å². The summed E-state index contributed by atoms with van der Waals surface area (Å²) in [7, 11) is 0. The molecule has 102 valence electrons. The molecule has 0 aromatic heterocycles. The highest BCUT2D eigenvalue weighted by Gasteiger charge is 2.08. The molecule has 20 heavy (non-hydrogen) atoms. The van der Waals surface area contributed by atoms with Gasteiger partial charge in [-0.1, -0.05) is 41.6 Å². The summed E-state index contributed by atoms with van der Waals surface area (Å²) in [5, 5.41) is 9.04. The van der Waals surface area contributed by atoms with Crippen LogP contribution in [0.3, 0.4) is 0 Å². The topological polar surface area (TPSA) is 29.5 Å². The van der Waals surface area contributed by atoms with Gasteiger partial charge in [-0.15, -0.1) is 0 Å². The Morgan fingerprint density at radius 2 is 1.95 bits per heavy atom. The Hall–Kier alpha value is -2.02. The summed E-state index contributed by atoms with van der Waals surface area (Å²) in [6.45, 7) is -0.212. The number of rotatable bonds is 3. The maximum atomic E-state index is 13.6. The monoisotopic (exact) mass is 290 g/mol. The summed E-state index contributed by atoms with van der Waals surface area (Å²) < 4.78 is 19.2. The minimum Gasteiger partial charge on any atom is -0.487 e. The van der Waals surface area contributed by atoms with Crippen LogP contribution in [-0.4, -0.2) is 11.7 Å². The van der Waals surface area contributed by atoms with Crippen molar-refractivity contribution in [2.45, 2.75) is 6.61 Å². The van der Waals surface area contributed by atoms with Gasteiger partial charge in [-0.3, -0.25) is 0 Å². The average Bonchev–Trinajstić information content (AvgIpc) is 2.45. The van der Waals surface area contributed by atoms with Gasteiger partial charge in [0.1, 0.15) is 24.8 Å². The molecule has 0 aliphatic heterocycles. The lowest BCUT2D eigenvalue weighted by Crippen LogP contribution is -2.00. The predicted molar refractivity (Wildman–Crippen MR) is 76.1 cm³/mol. The van der Waals surface area contributed by atoms with Crippen LogP contribution in [-0.2, 0) is 6.61 Å². The first-order valence-corrected chi connectivity index (χ1v) is 6.34. The summed E-state index contributed by atoms with van der Waals surface area (Å²) >= 11 is 5.94. The molecule has 0 saturated carbocycles. The molecule has 2 aromatic carbocycles. The van der Waals surface area contributed by atoms with Gasteiger partial charge in [-0.05, 0) is 24.3 Å². The van der Waals surface area contributed by atoms with Crippen LogP contribution < -0.4 is 4.74 Å². The van der Waals surface area contributed by atoms with Crippen molar-refractivity contribution in [2.24, 2.45) is 0 Å². The fraction of sp³-hybridized carbons (Fsp3) is 0.125. The Morgan fingerprint density at radius 3 is 2.70 bits per heavy atom. The molecule has 0 aliphatic carbocycles. The fourth-order valence-corrected chi connectivity index (χ4v) is 1.87. The number of halogens is 2. The summed E-state index contributed by atoms with van der Waals surface area (Å²) in [5.41, 5.74) is 0.938. The van der Waals surface area contributed by atoms with Gasteiger partial charge in [0.2, 0.25) is 0 Å². The van der Waals surface area contributed by atoms with Crippen LogP contribution in [0.4, 0.5) is 4.39 Å². The quantitative estimate of drug-likeness (QED) is 0.878. The summed E-state index contributed by atoms with van der Waals surface area (Å²) in [6.07, 6.45) is 0. The summed E-state index contributed by atoms with van der Waals surface area (Å²) in [6, 6.07) is 11.6. The van der Waals surface area contributed by atoms with Crippen LogP contribution in [0.15, 0.2) is 42.5 Å². The number of aliphatic hydroxyl groups excluding tert-OH is 1. The molecule has 0 spiro atoms. The van der Waals surface area contributed by atoms with E-state index in [4.69, 9.17) is 21.4 Å². The molecule has 0 aliphatic rings. The van der Waals surface area contributed by atoms with E-state index in [9.17, 15) is 4.39 Å². The van der Waals surface area contributed by atoms with Crippen molar-refractivity contribution >= 4 is 11.6 Å². The Morgan fingerprint density at radius 1 is 1.15 bits per heavy atom. The lowest BCUT2D eigenvalue weighted by Gasteiger charge is -2.10. The number of benzene rings is 2. The van der Waals surface area contributed by atoms with Crippen molar-refractivity contribution in [3.8, 4) is 17.6 Å². The number of ether oxygens (including phenoxy) is 1. The Bertz CT molecular complexity index is 639. The van der Waals surface area contributed by atoms with Gasteiger partial charge < -0.3 is 9.84 Å². The van der Waals surface area contributed by atoms with Crippen LogP contribution >= 0.6 is 11.6 Å². The molecule has 0 fully saturated rings. The van der Waals surface area contributed by atoms with Crippen molar-refractivity contribution < 1.29 is 14.2 Å². The average molecular weight is 291 g/mol. The molecule has 1 N–H and O–H groups in total. The van der Waals surface area contributed by atoms with Gasteiger partial charge in [-0.2, -0.15) is 0 Å². The molecule has 0 amide bonds. The van der Waals surface area contributed by atoms with Gasteiger partial charge in [0.25, 0.3) is 0 Å². The third-order valence-electron chi connectivity index (χ3n) is 2.62. The van der Waals surface area contributed by atoms with E-state index in [0.29, 0.717) is 21.9 Å². The largest absolute Gasteiger partial charge is 0.487 e. The van der Waals surface area contributed by atoms with Crippen LogP contribution in [0.2, 0.25) is 5.02 Å². The first-order valence-electron chi connectivity index (χ1n) is 5.97. The third kappa shape index (κ3) is 3.51. The zero-order valence-electron chi connectivity index (χ0n) is 10.6. The Labute approximate surface area is 121 Å². The maximum Gasteiger partial charge on any atom is 0.135 e. The second-order valence-corrected chi connectivity index (χ2v) is 4.35. The molecule has 2 nitrogen and oxygen atoms in total. The standard InChI is InChI=1S/C16H12ClFO2/c17-14-7-3-8-15(18)13(14)11-20-16-9-2-1-5-12(16)6-4-10-19/h1-3,5,7-9,19H,10-11H2. The summed E-state index contributed by atoms with van der Waals surface area (Å²) in [4.78, 5) is 0. The highest BCUT2D eigenvalue weighted by Crippen LogP contribution is 2.23. The van der Waals surface area contributed by atoms with E-state index in [-0.39, 0.29) is 13.2 Å². The van der Waals surface area contributed by atoms with E-state index >= 15 is 0 Å². The van der Waals surface area contributed by atoms with Crippen molar-refractivity contribution in [3.63, 3.8) is 0 Å². The number of aliphatic hydroxyl groups is 1. The van der Waals surface area contributed by atoms with Gasteiger partial charge in [0.05, 0.1) is 10.6 Å². The molecule has 0 atom stereocenters. The molecule has 0 heterocycles. The van der Waals surface area contributed by atoms with E-state index in [1.165, 1.54) is 6.07 Å². The Kier molecular flexibility index (Phi) is 5.00. The lowest BCUT2D eigenvalue weighted by molar-refractivity contribution is 0.299. The molecular weight excluding hydrogens is 279 g/mol. The van der Waals surface area contributed by atoms with Gasteiger partial charge in [0.15, 0.2) is 0 Å². The van der Waals surface area contributed by atoms with Crippen LogP contribution in [0.1, 0.15) is 11.1 Å². The first kappa shape index (κ1) is 14.4. The predicted octanol–water partition coefficient (Wildman–Crippen LogP) is 3.40. The van der Waals surface area contributed by atoms with Gasteiger partial charge in [0, 0.05) is 5.56 Å². The smallest absolute Gasteiger partial charge is 0.135 e. The molecule has 4 heteroatoms. The second-order valence-electron chi connectivity index (χ2n) is 3.94. The normalized spacial score (nSPS) is 9.75. The molecule has 0 radical (unpaired) electrons. The molecule has 2 aromatic rings. The highest BCUT2D eigenvalue weighted by molar-refractivity contribution is 6.31. The molecule has 2 rings (SSSR count). The zero-order valence-corrected chi connectivity index (χ0v) is 11.3. The second kappa shape index (κ2) is 6.95. The first-order chi connectivity index (χ1) is 9.72. The van der Waals surface area contributed by atoms with Crippen LogP contribution in [0.25, 0.3) is 0 Å². The molecule has 0 unspecified atom stereocenters. The zero-order chi connectivity index (χ0) is 14.4. The Balaban J connectivity index is 2.19. The minimum absolute atomic E-state index is 0.0172.